The minimum atomic E-state index is -0.180. The van der Waals surface area contributed by atoms with Gasteiger partial charge >= 0.3 is 5.97 Å². The molecule has 0 spiro atoms. The fraction of sp³-hybridized carbons (Fsp3) is 0.500. The van der Waals surface area contributed by atoms with Crippen LogP contribution in [0.15, 0.2) is 18.2 Å². The molecule has 0 unspecified atom stereocenters. The maximum Gasteiger partial charge on any atom is 0.325 e. The fourth-order valence-electron chi connectivity index (χ4n) is 2.29. The maximum atomic E-state index is 11.7. The first-order chi connectivity index (χ1) is 8.56. The molecule has 98 valence electrons. The Morgan fingerprint density at radius 2 is 2.28 bits per heavy atom. The predicted molar refractivity (Wildman–Crippen MR) is 72.6 cm³/mol. The Labute approximate surface area is 108 Å². The predicted octanol–water partition coefficient (Wildman–Crippen LogP) is 1.97. The van der Waals surface area contributed by atoms with Crippen LogP contribution >= 0.6 is 0 Å². The van der Waals surface area contributed by atoms with Crippen LogP contribution in [-0.2, 0) is 16.0 Å². The molecular formula is C14H20N2O2. The number of benzene rings is 1. The van der Waals surface area contributed by atoms with Crippen molar-refractivity contribution in [3.63, 3.8) is 0 Å². The van der Waals surface area contributed by atoms with Crippen molar-refractivity contribution < 1.29 is 9.53 Å². The zero-order chi connectivity index (χ0) is 13.1. The van der Waals surface area contributed by atoms with E-state index in [4.69, 9.17) is 10.5 Å². The fourth-order valence-corrected chi connectivity index (χ4v) is 2.29. The molecule has 1 heterocycles. The quantitative estimate of drug-likeness (QED) is 0.656. The molecule has 0 radical (unpaired) electrons. The van der Waals surface area contributed by atoms with Gasteiger partial charge in [-0.15, -0.1) is 0 Å². The molecule has 2 rings (SSSR count). The molecule has 4 heteroatoms. The van der Waals surface area contributed by atoms with Crippen molar-refractivity contribution >= 4 is 17.3 Å². The molecule has 0 fully saturated rings. The number of carbonyl (C=O) groups excluding carboxylic acids is 1. The van der Waals surface area contributed by atoms with Gasteiger partial charge in [0.2, 0.25) is 0 Å². The molecular weight excluding hydrogens is 228 g/mol. The Morgan fingerprint density at radius 3 is 3.00 bits per heavy atom. The Morgan fingerprint density at radius 1 is 1.50 bits per heavy atom. The number of nitrogen functional groups attached to an aromatic ring is 1. The number of nitrogens with zero attached hydrogens (tertiary/aromatic N) is 1. The van der Waals surface area contributed by atoms with Crippen molar-refractivity contribution in [2.75, 3.05) is 23.7 Å². The first-order valence-corrected chi connectivity index (χ1v) is 6.39. The molecule has 2 N–H and O–H groups in total. The van der Waals surface area contributed by atoms with E-state index in [2.05, 4.69) is 4.90 Å². The molecule has 0 saturated carbocycles. The molecule has 1 aliphatic rings. The minimum Gasteiger partial charge on any atom is -0.462 e. The van der Waals surface area contributed by atoms with Gasteiger partial charge < -0.3 is 15.4 Å². The lowest BCUT2D eigenvalue weighted by Crippen LogP contribution is -2.35. The Hall–Kier alpha value is -1.71. The standard InChI is InChI=1S/C14H20N2O2/c1-10(2)18-14(17)9-16-7-3-4-11-5-6-12(15)8-13(11)16/h5-6,8,10H,3-4,7,9,15H2,1-2H3. The molecule has 0 aromatic heterocycles. The molecule has 18 heavy (non-hydrogen) atoms. The highest BCUT2D eigenvalue weighted by Crippen LogP contribution is 2.28. The third-order valence-electron chi connectivity index (χ3n) is 3.01. The molecule has 0 atom stereocenters. The molecule has 0 saturated heterocycles. The van der Waals surface area contributed by atoms with Crippen molar-refractivity contribution in [1.82, 2.24) is 0 Å². The van der Waals surface area contributed by atoms with Crippen LogP contribution in [0.3, 0.4) is 0 Å². The highest BCUT2D eigenvalue weighted by Gasteiger charge is 2.20. The van der Waals surface area contributed by atoms with Crippen LogP contribution in [-0.4, -0.2) is 25.2 Å². The first-order valence-electron chi connectivity index (χ1n) is 6.39. The topological polar surface area (TPSA) is 55.6 Å². The highest BCUT2D eigenvalue weighted by molar-refractivity contribution is 5.77. The van der Waals surface area contributed by atoms with Gasteiger partial charge in [0, 0.05) is 17.9 Å². The van der Waals surface area contributed by atoms with Crippen LogP contribution in [0, 0.1) is 0 Å². The number of rotatable bonds is 3. The Balaban J connectivity index is 2.12. The zero-order valence-electron chi connectivity index (χ0n) is 11.0. The molecule has 0 aliphatic carbocycles. The third-order valence-corrected chi connectivity index (χ3v) is 3.01. The second-order valence-corrected chi connectivity index (χ2v) is 4.95. The van der Waals surface area contributed by atoms with E-state index in [9.17, 15) is 4.79 Å². The lowest BCUT2D eigenvalue weighted by Gasteiger charge is -2.30. The van der Waals surface area contributed by atoms with Gasteiger partial charge in [-0.2, -0.15) is 0 Å². The van der Waals surface area contributed by atoms with Crippen LogP contribution in [0.1, 0.15) is 25.8 Å². The van der Waals surface area contributed by atoms with Crippen molar-refractivity contribution in [2.24, 2.45) is 0 Å². The van der Waals surface area contributed by atoms with Gasteiger partial charge in [0.1, 0.15) is 6.54 Å². The molecule has 1 aromatic rings. The van der Waals surface area contributed by atoms with Crippen LogP contribution in [0.4, 0.5) is 11.4 Å². The summed E-state index contributed by atoms with van der Waals surface area (Å²) in [6.07, 6.45) is 2.04. The Kier molecular flexibility index (Phi) is 3.75. The van der Waals surface area contributed by atoms with E-state index in [-0.39, 0.29) is 12.1 Å². The average Bonchev–Trinajstić information content (AvgIpc) is 2.28. The van der Waals surface area contributed by atoms with E-state index in [0.29, 0.717) is 6.54 Å². The second-order valence-electron chi connectivity index (χ2n) is 4.95. The maximum absolute atomic E-state index is 11.7. The van der Waals surface area contributed by atoms with Crippen LogP contribution in [0.25, 0.3) is 0 Å². The van der Waals surface area contributed by atoms with Crippen LogP contribution in [0.5, 0.6) is 0 Å². The van der Waals surface area contributed by atoms with Gasteiger partial charge in [-0.3, -0.25) is 4.79 Å². The summed E-state index contributed by atoms with van der Waals surface area (Å²) in [5.74, 6) is -0.180. The normalized spacial score (nSPS) is 14.5. The number of hydrogen-bond acceptors (Lipinski definition) is 4. The summed E-state index contributed by atoms with van der Waals surface area (Å²) < 4.78 is 5.19. The first kappa shape index (κ1) is 12.7. The number of esters is 1. The molecule has 1 aliphatic heterocycles. The van der Waals surface area contributed by atoms with Crippen molar-refractivity contribution in [3.05, 3.63) is 23.8 Å². The molecule has 1 aromatic carbocycles. The minimum absolute atomic E-state index is 0.0670. The summed E-state index contributed by atoms with van der Waals surface area (Å²) in [6, 6.07) is 5.90. The Bertz CT molecular complexity index is 443. The molecule has 0 amide bonds. The van der Waals surface area contributed by atoms with Crippen LogP contribution < -0.4 is 10.6 Å². The van der Waals surface area contributed by atoms with Gasteiger partial charge in [-0.05, 0) is 44.4 Å². The molecule has 0 bridgehead atoms. The highest BCUT2D eigenvalue weighted by atomic mass is 16.5. The van der Waals surface area contributed by atoms with Crippen molar-refractivity contribution in [2.45, 2.75) is 32.8 Å². The SMILES string of the molecule is CC(C)OC(=O)CN1CCCc2ccc(N)cc21. The van der Waals surface area contributed by atoms with Gasteiger partial charge in [-0.1, -0.05) is 6.07 Å². The van der Waals surface area contributed by atoms with Crippen molar-refractivity contribution in [3.8, 4) is 0 Å². The summed E-state index contributed by atoms with van der Waals surface area (Å²) in [5.41, 5.74) is 8.88. The van der Waals surface area contributed by atoms with Crippen molar-refractivity contribution in [1.29, 1.82) is 0 Å². The number of anilines is 2. The van der Waals surface area contributed by atoms with E-state index in [0.717, 1.165) is 30.8 Å². The van der Waals surface area contributed by atoms with Crippen LogP contribution in [0.2, 0.25) is 0 Å². The average molecular weight is 248 g/mol. The largest absolute Gasteiger partial charge is 0.462 e. The monoisotopic (exact) mass is 248 g/mol. The van der Waals surface area contributed by atoms with Gasteiger partial charge in [0.05, 0.1) is 6.10 Å². The van der Waals surface area contributed by atoms with E-state index in [1.165, 1.54) is 5.56 Å². The van der Waals surface area contributed by atoms with E-state index < -0.39 is 0 Å². The summed E-state index contributed by atoms with van der Waals surface area (Å²) in [7, 11) is 0. The zero-order valence-corrected chi connectivity index (χ0v) is 11.0. The smallest absolute Gasteiger partial charge is 0.325 e. The lowest BCUT2D eigenvalue weighted by atomic mass is 10.0. The number of aryl methyl sites for hydroxylation is 1. The van der Waals surface area contributed by atoms with E-state index in [1.807, 2.05) is 32.0 Å². The van der Waals surface area contributed by atoms with Gasteiger partial charge in [0.15, 0.2) is 0 Å². The molecule has 4 nitrogen and oxygen atoms in total. The summed E-state index contributed by atoms with van der Waals surface area (Å²) in [5, 5.41) is 0. The number of nitrogens with two attached hydrogens (primary N) is 1. The van der Waals surface area contributed by atoms with E-state index >= 15 is 0 Å². The summed E-state index contributed by atoms with van der Waals surface area (Å²) in [4.78, 5) is 13.8. The number of carbonyl (C=O) groups is 1. The number of ether oxygens (including phenoxy) is 1. The van der Waals surface area contributed by atoms with Gasteiger partial charge in [-0.25, -0.2) is 0 Å². The second kappa shape index (κ2) is 5.29. The van der Waals surface area contributed by atoms with E-state index in [1.54, 1.807) is 0 Å². The van der Waals surface area contributed by atoms with Gasteiger partial charge in [0.25, 0.3) is 0 Å². The third kappa shape index (κ3) is 2.94. The summed E-state index contributed by atoms with van der Waals surface area (Å²) in [6.45, 7) is 4.90. The summed E-state index contributed by atoms with van der Waals surface area (Å²) >= 11 is 0. The lowest BCUT2D eigenvalue weighted by molar-refractivity contribution is -0.145. The number of fused-ring (bicyclic) bond motifs is 1. The number of hydrogen-bond donors (Lipinski definition) is 1.